The number of likely N-dealkylation sites (N-methyl/N-ethyl adjacent to an activating group) is 1. The normalized spacial score (nSPS) is 19.4. The Hall–Kier alpha value is -4.15. The summed E-state index contributed by atoms with van der Waals surface area (Å²) in [6.45, 7) is 6.45. The number of rotatable bonds is 10. The topological polar surface area (TPSA) is 111 Å². The van der Waals surface area contributed by atoms with Crippen LogP contribution < -0.4 is 15.8 Å². The van der Waals surface area contributed by atoms with Crippen LogP contribution in [-0.4, -0.2) is 83.4 Å². The van der Waals surface area contributed by atoms with Gasteiger partial charge in [-0.05, 0) is 49.1 Å². The summed E-state index contributed by atoms with van der Waals surface area (Å²) in [5, 5.41) is 3.80. The van der Waals surface area contributed by atoms with Crippen molar-refractivity contribution in [3.63, 3.8) is 0 Å². The first kappa shape index (κ1) is 28.0. The Morgan fingerprint density at radius 1 is 1.05 bits per heavy atom. The number of alkyl carbamates (subject to hydrolysis) is 1. The molecule has 220 valence electrons. The van der Waals surface area contributed by atoms with Gasteiger partial charge in [0.1, 0.15) is 36.8 Å². The highest BCUT2D eigenvalue weighted by Gasteiger charge is 2.33. The minimum Gasteiger partial charge on any atom is -0.489 e. The number of nitrogens with zero attached hydrogens (tertiary/aromatic N) is 5. The molecular formula is C32H39N7O3. The van der Waals surface area contributed by atoms with Crippen LogP contribution in [0.1, 0.15) is 24.4 Å². The lowest BCUT2D eigenvalue weighted by atomic mass is 9.80. The van der Waals surface area contributed by atoms with E-state index in [1.165, 1.54) is 6.33 Å². The summed E-state index contributed by atoms with van der Waals surface area (Å²) in [6, 6.07) is 18.4. The number of nitrogens with one attached hydrogen (secondary N) is 1. The van der Waals surface area contributed by atoms with Crippen molar-refractivity contribution in [2.45, 2.75) is 25.5 Å². The Kier molecular flexibility index (Phi) is 8.52. The SMILES string of the molecule is CN1CCN(CCOC(=O)NCC2CC(n3cc(-c4cccc(OCc5ccccc5)c4)c4c(N)ncnc43)C2)CC1. The summed E-state index contributed by atoms with van der Waals surface area (Å²) in [7, 11) is 2.13. The molecule has 0 bridgehead atoms. The number of aromatic nitrogens is 3. The number of anilines is 1. The van der Waals surface area contributed by atoms with Crippen LogP contribution in [0.2, 0.25) is 0 Å². The summed E-state index contributed by atoms with van der Waals surface area (Å²) in [6.07, 6.45) is 5.19. The van der Waals surface area contributed by atoms with Crippen LogP contribution in [0.4, 0.5) is 10.6 Å². The summed E-state index contributed by atoms with van der Waals surface area (Å²) < 4.78 is 13.7. The van der Waals surface area contributed by atoms with Gasteiger partial charge in [-0.15, -0.1) is 0 Å². The second kappa shape index (κ2) is 12.8. The maximum absolute atomic E-state index is 12.3. The minimum atomic E-state index is -0.337. The molecule has 0 atom stereocenters. The van der Waals surface area contributed by atoms with E-state index in [1.807, 2.05) is 36.4 Å². The van der Waals surface area contributed by atoms with Crippen molar-refractivity contribution >= 4 is 22.9 Å². The molecule has 3 heterocycles. The molecule has 6 rings (SSSR count). The van der Waals surface area contributed by atoms with Gasteiger partial charge in [-0.1, -0.05) is 42.5 Å². The monoisotopic (exact) mass is 569 g/mol. The van der Waals surface area contributed by atoms with Crippen LogP contribution in [0.25, 0.3) is 22.2 Å². The molecule has 1 saturated carbocycles. The van der Waals surface area contributed by atoms with E-state index >= 15 is 0 Å². The van der Waals surface area contributed by atoms with Crippen LogP contribution in [0.15, 0.2) is 67.1 Å². The Morgan fingerprint density at radius 2 is 1.86 bits per heavy atom. The molecule has 10 heteroatoms. The molecule has 4 aromatic rings. The van der Waals surface area contributed by atoms with E-state index in [4.69, 9.17) is 15.2 Å². The number of fused-ring (bicyclic) bond motifs is 1. The molecule has 0 radical (unpaired) electrons. The Morgan fingerprint density at radius 3 is 2.67 bits per heavy atom. The zero-order valence-corrected chi connectivity index (χ0v) is 24.1. The van der Waals surface area contributed by atoms with Gasteiger partial charge < -0.3 is 30.0 Å². The van der Waals surface area contributed by atoms with Gasteiger partial charge in [0.15, 0.2) is 0 Å². The number of nitrogens with two attached hydrogens (primary N) is 1. The summed E-state index contributed by atoms with van der Waals surface area (Å²) in [5.41, 5.74) is 10.3. The van der Waals surface area contributed by atoms with E-state index in [0.29, 0.717) is 31.5 Å². The van der Waals surface area contributed by atoms with E-state index in [1.54, 1.807) is 0 Å². The molecule has 1 aliphatic heterocycles. The molecule has 0 spiro atoms. The van der Waals surface area contributed by atoms with Crippen molar-refractivity contribution in [1.82, 2.24) is 29.7 Å². The third kappa shape index (κ3) is 6.50. The Bertz CT molecular complexity index is 1490. The zero-order valence-electron chi connectivity index (χ0n) is 24.1. The van der Waals surface area contributed by atoms with Crippen molar-refractivity contribution < 1.29 is 14.3 Å². The number of carbonyl (C=O) groups is 1. The molecule has 42 heavy (non-hydrogen) atoms. The van der Waals surface area contributed by atoms with Gasteiger partial charge in [-0.3, -0.25) is 4.90 Å². The third-order valence-electron chi connectivity index (χ3n) is 8.41. The fraction of sp³-hybridized carbons (Fsp3) is 0.406. The van der Waals surface area contributed by atoms with E-state index in [0.717, 1.165) is 79.0 Å². The van der Waals surface area contributed by atoms with E-state index in [2.05, 4.69) is 61.1 Å². The molecule has 2 aromatic carbocycles. The average molecular weight is 570 g/mol. The van der Waals surface area contributed by atoms with Gasteiger partial charge in [0.25, 0.3) is 0 Å². The largest absolute Gasteiger partial charge is 0.489 e. The van der Waals surface area contributed by atoms with Gasteiger partial charge in [-0.2, -0.15) is 0 Å². The fourth-order valence-corrected chi connectivity index (χ4v) is 5.81. The molecule has 2 aromatic heterocycles. The zero-order chi connectivity index (χ0) is 28.9. The first-order valence-corrected chi connectivity index (χ1v) is 14.7. The standard InChI is InChI=1S/C32H39N7O3/c1-37-10-12-38(13-11-37)14-15-41-32(40)34-19-24-16-26(17-24)39-20-28(29-30(33)35-22-36-31(29)39)25-8-5-9-27(18-25)42-21-23-6-3-2-4-7-23/h2-9,18,20,22,24,26H,10-17,19,21H2,1H3,(H,34,40)(H2,33,35,36). The van der Waals surface area contributed by atoms with Gasteiger partial charge in [0.05, 0.1) is 5.39 Å². The smallest absolute Gasteiger partial charge is 0.407 e. The summed E-state index contributed by atoms with van der Waals surface area (Å²) in [4.78, 5) is 25.8. The van der Waals surface area contributed by atoms with Gasteiger partial charge >= 0.3 is 6.09 Å². The lowest BCUT2D eigenvalue weighted by molar-refractivity contribution is 0.101. The molecule has 2 aliphatic rings. The van der Waals surface area contributed by atoms with Crippen molar-refractivity contribution in [2.24, 2.45) is 5.92 Å². The fourth-order valence-electron chi connectivity index (χ4n) is 5.81. The molecular weight excluding hydrogens is 530 g/mol. The Labute approximate surface area is 246 Å². The first-order chi connectivity index (χ1) is 20.5. The number of nitrogen functional groups attached to an aromatic ring is 1. The predicted octanol–water partition coefficient (Wildman–Crippen LogP) is 4.18. The highest BCUT2D eigenvalue weighted by atomic mass is 16.5. The van der Waals surface area contributed by atoms with Crippen molar-refractivity contribution in [2.75, 3.05) is 58.7 Å². The van der Waals surface area contributed by atoms with E-state index < -0.39 is 0 Å². The Balaban J connectivity index is 1.05. The quantitative estimate of drug-likeness (QED) is 0.293. The molecule has 10 nitrogen and oxygen atoms in total. The molecule has 1 saturated heterocycles. The molecule has 0 unspecified atom stereocenters. The number of amides is 1. The van der Waals surface area contributed by atoms with Gasteiger partial charge in [0.2, 0.25) is 0 Å². The lowest BCUT2D eigenvalue weighted by Crippen LogP contribution is -2.45. The van der Waals surface area contributed by atoms with Crippen LogP contribution in [-0.2, 0) is 11.3 Å². The number of benzene rings is 2. The number of hydrogen-bond acceptors (Lipinski definition) is 8. The maximum Gasteiger partial charge on any atom is 0.407 e. The second-order valence-corrected chi connectivity index (χ2v) is 11.4. The van der Waals surface area contributed by atoms with Crippen molar-refractivity contribution in [1.29, 1.82) is 0 Å². The number of carbonyl (C=O) groups excluding carboxylic acids is 1. The first-order valence-electron chi connectivity index (χ1n) is 14.7. The van der Waals surface area contributed by atoms with Crippen molar-refractivity contribution in [3.05, 3.63) is 72.7 Å². The van der Waals surface area contributed by atoms with Crippen LogP contribution in [0, 0.1) is 5.92 Å². The van der Waals surface area contributed by atoms with Gasteiger partial charge in [0, 0.05) is 57.1 Å². The third-order valence-corrected chi connectivity index (χ3v) is 8.41. The van der Waals surface area contributed by atoms with Crippen LogP contribution in [0.5, 0.6) is 5.75 Å². The maximum atomic E-state index is 12.3. The average Bonchev–Trinajstić information content (AvgIpc) is 3.37. The number of piperazine rings is 1. The van der Waals surface area contributed by atoms with E-state index in [9.17, 15) is 4.79 Å². The summed E-state index contributed by atoms with van der Waals surface area (Å²) in [5.74, 6) is 1.63. The lowest BCUT2D eigenvalue weighted by Gasteiger charge is -2.36. The van der Waals surface area contributed by atoms with Crippen LogP contribution in [0.3, 0.4) is 0 Å². The molecule has 1 amide bonds. The minimum absolute atomic E-state index is 0.271. The highest BCUT2D eigenvalue weighted by molar-refractivity contribution is 6.00. The number of hydrogen-bond donors (Lipinski definition) is 2. The highest BCUT2D eigenvalue weighted by Crippen LogP contribution is 2.43. The molecule has 1 aliphatic carbocycles. The molecule has 2 fully saturated rings. The molecule has 3 N–H and O–H groups in total. The van der Waals surface area contributed by atoms with Crippen molar-refractivity contribution in [3.8, 4) is 16.9 Å². The predicted molar refractivity (Wildman–Crippen MR) is 163 cm³/mol. The van der Waals surface area contributed by atoms with Gasteiger partial charge in [-0.25, -0.2) is 14.8 Å². The number of ether oxygens (including phenoxy) is 2. The second-order valence-electron chi connectivity index (χ2n) is 11.4. The van der Waals surface area contributed by atoms with E-state index in [-0.39, 0.29) is 12.1 Å². The van der Waals surface area contributed by atoms with Crippen LogP contribution >= 0.6 is 0 Å². The summed E-state index contributed by atoms with van der Waals surface area (Å²) >= 11 is 0.